The summed E-state index contributed by atoms with van der Waals surface area (Å²) in [6.45, 7) is 7.76. The lowest BCUT2D eigenvalue weighted by Crippen LogP contribution is -2.39. The number of hydrogen-bond acceptors (Lipinski definition) is 5. The van der Waals surface area contributed by atoms with Crippen molar-refractivity contribution in [2.45, 2.75) is 13.8 Å². The van der Waals surface area contributed by atoms with Gasteiger partial charge in [-0.05, 0) is 42.8 Å². The third kappa shape index (κ3) is 7.05. The Labute approximate surface area is 193 Å². The molecule has 0 unspecified atom stereocenters. The Balaban J connectivity index is 1.74. The van der Waals surface area contributed by atoms with Gasteiger partial charge in [-0.15, -0.1) is 0 Å². The summed E-state index contributed by atoms with van der Waals surface area (Å²) in [6.07, 6.45) is 0. The van der Waals surface area contributed by atoms with E-state index < -0.39 is 0 Å². The summed E-state index contributed by atoms with van der Waals surface area (Å²) in [7, 11) is 0. The van der Waals surface area contributed by atoms with E-state index in [9.17, 15) is 9.59 Å². The predicted molar refractivity (Wildman–Crippen MR) is 128 cm³/mol. The van der Waals surface area contributed by atoms with Gasteiger partial charge in [0.1, 0.15) is 0 Å². The summed E-state index contributed by atoms with van der Waals surface area (Å²) in [6, 6.07) is 12.3. The summed E-state index contributed by atoms with van der Waals surface area (Å²) < 4.78 is 5.38. The van der Waals surface area contributed by atoms with Gasteiger partial charge in [0.05, 0.1) is 19.8 Å². The topological polar surface area (TPSA) is 95.1 Å². The van der Waals surface area contributed by atoms with Gasteiger partial charge in [-0.2, -0.15) is 0 Å². The van der Waals surface area contributed by atoms with Crippen LogP contribution in [0.5, 0.6) is 0 Å². The van der Waals surface area contributed by atoms with Crippen LogP contribution in [0.3, 0.4) is 0 Å². The van der Waals surface area contributed by atoms with Crippen LogP contribution in [0.1, 0.15) is 22.8 Å². The number of anilines is 2. The van der Waals surface area contributed by atoms with Crippen LogP contribution in [0.25, 0.3) is 0 Å². The maximum atomic E-state index is 12.9. The van der Waals surface area contributed by atoms with Crippen molar-refractivity contribution in [1.29, 1.82) is 0 Å². The first kappa shape index (κ1) is 23.7. The van der Waals surface area contributed by atoms with Crippen molar-refractivity contribution < 1.29 is 14.3 Å². The molecule has 3 N–H and O–H groups in total. The van der Waals surface area contributed by atoms with Crippen molar-refractivity contribution in [2.75, 3.05) is 50.0 Å². The zero-order valence-electron chi connectivity index (χ0n) is 18.3. The molecule has 0 spiro atoms. The largest absolute Gasteiger partial charge is 0.379 e. The van der Waals surface area contributed by atoms with Crippen molar-refractivity contribution in [3.63, 3.8) is 0 Å². The van der Waals surface area contributed by atoms with E-state index in [1.165, 1.54) is 6.92 Å². The molecular formula is C23H28ClN5O3. The summed E-state index contributed by atoms with van der Waals surface area (Å²) in [5, 5.41) is 9.35. The molecule has 2 aromatic rings. The summed E-state index contributed by atoms with van der Waals surface area (Å²) >= 11 is 6.24. The molecule has 1 heterocycles. The fraction of sp³-hybridized carbons (Fsp3) is 0.348. The average molecular weight is 458 g/mol. The van der Waals surface area contributed by atoms with Crippen molar-refractivity contribution in [2.24, 2.45) is 4.99 Å². The van der Waals surface area contributed by atoms with Gasteiger partial charge < -0.3 is 15.4 Å². The molecule has 3 rings (SSSR count). The lowest BCUT2D eigenvalue weighted by atomic mass is 10.2. The molecule has 9 heteroatoms. The second-order valence-electron chi connectivity index (χ2n) is 7.44. The number of morpholine rings is 1. The average Bonchev–Trinajstić information content (AvgIpc) is 2.77. The summed E-state index contributed by atoms with van der Waals surface area (Å²) in [5.74, 6) is -0.209. The number of hydrogen-bond donors (Lipinski definition) is 3. The van der Waals surface area contributed by atoms with Crippen molar-refractivity contribution in [3.05, 3.63) is 58.6 Å². The van der Waals surface area contributed by atoms with Crippen molar-refractivity contribution in [3.8, 4) is 0 Å². The van der Waals surface area contributed by atoms with Crippen LogP contribution in [0.2, 0.25) is 5.02 Å². The van der Waals surface area contributed by atoms with Crippen molar-refractivity contribution >= 4 is 40.7 Å². The minimum Gasteiger partial charge on any atom is -0.379 e. The molecule has 0 aliphatic carbocycles. The number of nitrogens with zero attached hydrogens (tertiary/aromatic N) is 2. The molecule has 2 aromatic carbocycles. The molecular weight excluding hydrogens is 430 g/mol. The van der Waals surface area contributed by atoms with Gasteiger partial charge in [-0.1, -0.05) is 23.7 Å². The van der Waals surface area contributed by atoms with Gasteiger partial charge in [0.15, 0.2) is 0 Å². The van der Waals surface area contributed by atoms with E-state index in [0.29, 0.717) is 28.8 Å². The Morgan fingerprint density at radius 1 is 1.12 bits per heavy atom. The second kappa shape index (κ2) is 11.6. The Morgan fingerprint density at radius 3 is 2.62 bits per heavy atom. The van der Waals surface area contributed by atoms with Gasteiger partial charge in [0.25, 0.3) is 5.91 Å². The Kier molecular flexibility index (Phi) is 8.61. The van der Waals surface area contributed by atoms with E-state index in [4.69, 9.17) is 16.3 Å². The number of carbonyl (C=O) groups excluding carboxylic acids is 2. The molecule has 1 saturated heterocycles. The highest BCUT2D eigenvalue weighted by Gasteiger charge is 2.13. The molecule has 2 amide bonds. The lowest BCUT2D eigenvalue weighted by molar-refractivity contribution is -0.114. The molecule has 0 radical (unpaired) electrons. The smallest absolute Gasteiger partial charge is 0.258 e. The lowest BCUT2D eigenvalue weighted by Gasteiger charge is -2.25. The Bertz CT molecular complexity index is 989. The minimum atomic E-state index is -0.338. The summed E-state index contributed by atoms with van der Waals surface area (Å²) in [5.41, 5.74) is 2.57. The van der Waals surface area contributed by atoms with E-state index in [1.54, 1.807) is 24.3 Å². The molecule has 0 aromatic heterocycles. The third-order valence-electron chi connectivity index (χ3n) is 4.99. The first-order valence-electron chi connectivity index (χ1n) is 10.5. The SMILES string of the molecule is CC(=O)Nc1cccc(C(=O)NC(=NCCN2CCOCC2)Nc2cccc(Cl)c2C)c1. The molecule has 1 aliphatic heterocycles. The second-order valence-corrected chi connectivity index (χ2v) is 7.85. The third-order valence-corrected chi connectivity index (χ3v) is 5.40. The van der Waals surface area contributed by atoms with Gasteiger partial charge in [-0.25, -0.2) is 0 Å². The standard InChI is InChI=1S/C23H28ClN5O3/c1-16-20(24)7-4-8-21(16)27-23(25-9-10-29-11-13-32-14-12-29)28-22(31)18-5-3-6-19(15-18)26-17(2)30/h3-8,15H,9-14H2,1-2H3,(H,26,30)(H2,25,27,28,31). The van der Waals surface area contributed by atoms with Crippen LogP contribution in [0.15, 0.2) is 47.5 Å². The zero-order chi connectivity index (χ0) is 22.9. The fourth-order valence-corrected chi connectivity index (χ4v) is 3.40. The van der Waals surface area contributed by atoms with Crippen LogP contribution >= 0.6 is 11.6 Å². The first-order chi connectivity index (χ1) is 15.4. The predicted octanol–water partition coefficient (Wildman–Crippen LogP) is 3.14. The van der Waals surface area contributed by atoms with E-state index >= 15 is 0 Å². The number of rotatable bonds is 6. The minimum absolute atomic E-state index is 0.203. The summed E-state index contributed by atoms with van der Waals surface area (Å²) in [4.78, 5) is 31.1. The highest BCUT2D eigenvalue weighted by Crippen LogP contribution is 2.22. The van der Waals surface area contributed by atoms with Crippen LogP contribution in [-0.4, -0.2) is 62.1 Å². The number of guanidine groups is 1. The van der Waals surface area contributed by atoms with E-state index in [0.717, 1.165) is 44.1 Å². The fourth-order valence-electron chi connectivity index (χ4n) is 3.23. The Hall–Kier alpha value is -2.94. The molecule has 1 aliphatic rings. The normalized spacial score (nSPS) is 14.7. The maximum absolute atomic E-state index is 12.9. The number of amides is 2. The molecule has 0 atom stereocenters. The highest BCUT2D eigenvalue weighted by molar-refractivity contribution is 6.31. The molecule has 0 saturated carbocycles. The highest BCUT2D eigenvalue weighted by atomic mass is 35.5. The number of benzene rings is 2. The first-order valence-corrected chi connectivity index (χ1v) is 10.9. The number of carbonyl (C=O) groups is 2. The monoisotopic (exact) mass is 457 g/mol. The molecule has 170 valence electrons. The van der Waals surface area contributed by atoms with E-state index in [1.807, 2.05) is 25.1 Å². The van der Waals surface area contributed by atoms with Gasteiger partial charge in [0, 0.05) is 48.5 Å². The molecule has 0 bridgehead atoms. The van der Waals surface area contributed by atoms with E-state index in [2.05, 4.69) is 25.8 Å². The van der Waals surface area contributed by atoms with Crippen LogP contribution in [-0.2, 0) is 9.53 Å². The van der Waals surface area contributed by atoms with Gasteiger partial charge >= 0.3 is 0 Å². The molecule has 32 heavy (non-hydrogen) atoms. The number of halogens is 1. The van der Waals surface area contributed by atoms with Crippen LogP contribution in [0, 0.1) is 6.92 Å². The van der Waals surface area contributed by atoms with Gasteiger partial charge in [0.2, 0.25) is 11.9 Å². The van der Waals surface area contributed by atoms with E-state index in [-0.39, 0.29) is 11.8 Å². The van der Waals surface area contributed by atoms with Gasteiger partial charge in [-0.3, -0.25) is 24.8 Å². The quantitative estimate of drug-likeness (QED) is 0.457. The van der Waals surface area contributed by atoms with Crippen molar-refractivity contribution in [1.82, 2.24) is 10.2 Å². The number of nitrogens with one attached hydrogen (secondary N) is 3. The number of aliphatic imine (C=N–C) groups is 1. The molecule has 1 fully saturated rings. The number of ether oxygens (including phenoxy) is 1. The molecule has 8 nitrogen and oxygen atoms in total. The maximum Gasteiger partial charge on any atom is 0.258 e. The van der Waals surface area contributed by atoms with Crippen LogP contribution in [0.4, 0.5) is 11.4 Å². The zero-order valence-corrected chi connectivity index (χ0v) is 19.0. The Morgan fingerprint density at radius 2 is 1.88 bits per heavy atom. The van der Waals surface area contributed by atoms with Crippen LogP contribution < -0.4 is 16.0 Å².